The molecule has 4 aromatic rings. The molecular weight excluding hydrogens is 534 g/mol. The molecule has 0 radical (unpaired) electrons. The number of nitrogens with zero attached hydrogens (tertiary/aromatic N) is 3. The van der Waals surface area contributed by atoms with Crippen molar-refractivity contribution in [2.24, 2.45) is 11.8 Å². The summed E-state index contributed by atoms with van der Waals surface area (Å²) in [6, 6.07) is 13.4. The number of benzene rings is 1. The summed E-state index contributed by atoms with van der Waals surface area (Å²) >= 11 is 0. The summed E-state index contributed by atoms with van der Waals surface area (Å²) in [6.45, 7) is 3.21. The molecule has 214 valence electrons. The van der Waals surface area contributed by atoms with Crippen molar-refractivity contribution in [2.75, 3.05) is 33.4 Å². The van der Waals surface area contributed by atoms with Crippen LogP contribution in [0.3, 0.4) is 0 Å². The van der Waals surface area contributed by atoms with E-state index in [2.05, 4.69) is 26.7 Å². The third-order valence-electron chi connectivity index (χ3n) is 8.59. The fourth-order valence-electron chi connectivity index (χ4n) is 6.27. The van der Waals surface area contributed by atoms with Crippen LogP contribution in [0.25, 0.3) is 33.7 Å². The summed E-state index contributed by atoms with van der Waals surface area (Å²) in [7, 11) is 1.55. The quantitative estimate of drug-likeness (QED) is 0.336. The average Bonchev–Trinajstić information content (AvgIpc) is 3.48. The Morgan fingerprint density at radius 3 is 2.69 bits per heavy atom. The number of nitrogens with one attached hydrogen (secondary N) is 2. The molecule has 1 aliphatic carbocycles. The van der Waals surface area contributed by atoms with Gasteiger partial charge in [-0.3, -0.25) is 9.78 Å². The highest BCUT2D eigenvalue weighted by atomic mass is 16.5. The number of methoxy groups -OCH3 is 1. The van der Waals surface area contributed by atoms with E-state index in [0.717, 1.165) is 43.5 Å². The third-order valence-corrected chi connectivity index (χ3v) is 8.59. The predicted molar refractivity (Wildman–Crippen MR) is 154 cm³/mol. The smallest absolute Gasteiger partial charge is 0.253 e. The van der Waals surface area contributed by atoms with Crippen molar-refractivity contribution in [2.45, 2.75) is 31.4 Å². The van der Waals surface area contributed by atoms with Gasteiger partial charge in [0.15, 0.2) is 11.3 Å². The summed E-state index contributed by atoms with van der Waals surface area (Å²) in [5.41, 5.74) is 4.16. The molecule has 10 nitrogen and oxygen atoms in total. The minimum absolute atomic E-state index is 0.0343. The zero-order valence-corrected chi connectivity index (χ0v) is 23.3. The second-order valence-electron chi connectivity index (χ2n) is 11.1. The maximum atomic E-state index is 13.0. The Kier molecular flexibility index (Phi) is 6.98. The number of rotatable bonds is 7. The van der Waals surface area contributed by atoms with Crippen molar-refractivity contribution in [3.8, 4) is 40.1 Å². The Morgan fingerprint density at radius 2 is 1.93 bits per heavy atom. The van der Waals surface area contributed by atoms with Gasteiger partial charge in [0.05, 0.1) is 31.5 Å². The zero-order valence-electron chi connectivity index (χ0n) is 23.3. The van der Waals surface area contributed by atoms with Gasteiger partial charge >= 0.3 is 0 Å². The lowest BCUT2D eigenvalue weighted by molar-refractivity contribution is 0.0254. The fourth-order valence-corrected chi connectivity index (χ4v) is 6.27. The Hall–Kier alpha value is -4.46. The second-order valence-corrected chi connectivity index (χ2v) is 11.1. The van der Waals surface area contributed by atoms with E-state index in [4.69, 9.17) is 18.6 Å². The number of fused-ring (bicyclic) bond motifs is 3. The van der Waals surface area contributed by atoms with Crippen molar-refractivity contribution in [3.05, 3.63) is 59.9 Å². The Balaban J connectivity index is 1.16. The molecule has 3 aromatic heterocycles. The topological polar surface area (TPSA) is 132 Å². The lowest BCUT2D eigenvalue weighted by atomic mass is 9.67. The molecule has 0 spiro atoms. The molecule has 42 heavy (non-hydrogen) atoms. The normalized spacial score (nSPS) is 21.8. The van der Waals surface area contributed by atoms with Gasteiger partial charge in [0.25, 0.3) is 5.91 Å². The van der Waals surface area contributed by atoms with E-state index in [1.165, 1.54) is 0 Å². The maximum Gasteiger partial charge on any atom is 0.253 e. The number of piperidine rings is 2. The summed E-state index contributed by atoms with van der Waals surface area (Å²) in [4.78, 5) is 22.1. The molecule has 2 saturated heterocycles. The number of aromatic nitrogens is 2. The van der Waals surface area contributed by atoms with Gasteiger partial charge < -0.3 is 29.3 Å². The van der Waals surface area contributed by atoms with Gasteiger partial charge in [0.1, 0.15) is 34.9 Å². The standard InChI is InChI=1S/C32H31N5O5/c1-39-27-12-22(32(38)37-29-20-11-21(29)16-34-15-20)17-36-30(27)28-13-25-31(42-28)24(4-7-35-25)18-2-3-26(19(10-18)14-33)41-23-5-8-40-9-6-23/h2-4,7,10,12-13,17,20-21,23,29,34H,5-6,8-9,11,15-16H2,1H3,(H,37,38). The number of hydrogen-bond acceptors (Lipinski definition) is 9. The predicted octanol–water partition coefficient (Wildman–Crippen LogP) is 4.33. The fraction of sp³-hybridized carbons (Fsp3) is 0.375. The number of nitriles is 1. The van der Waals surface area contributed by atoms with E-state index in [9.17, 15) is 10.1 Å². The van der Waals surface area contributed by atoms with E-state index in [1.807, 2.05) is 24.3 Å². The van der Waals surface area contributed by atoms with Crippen LogP contribution in [0.1, 0.15) is 35.2 Å². The number of ether oxygens (including phenoxy) is 3. The summed E-state index contributed by atoms with van der Waals surface area (Å²) in [5.74, 6) is 2.28. The number of hydrogen-bond donors (Lipinski definition) is 2. The van der Waals surface area contributed by atoms with Crippen LogP contribution in [0.5, 0.6) is 11.5 Å². The number of carbonyl (C=O) groups excluding carboxylic acids is 1. The molecule has 2 N–H and O–H groups in total. The van der Waals surface area contributed by atoms with E-state index in [1.54, 1.807) is 31.6 Å². The van der Waals surface area contributed by atoms with Crippen LogP contribution < -0.4 is 20.1 Å². The van der Waals surface area contributed by atoms with Crippen molar-refractivity contribution >= 4 is 17.0 Å². The first-order valence-corrected chi connectivity index (χ1v) is 14.3. The molecule has 7 rings (SSSR count). The lowest BCUT2D eigenvalue weighted by Crippen LogP contribution is -2.63. The molecule has 1 amide bonds. The van der Waals surface area contributed by atoms with Crippen LogP contribution in [-0.2, 0) is 4.74 Å². The molecule has 1 aromatic carbocycles. The summed E-state index contributed by atoms with van der Waals surface area (Å²) in [6.07, 6.45) is 6.06. The van der Waals surface area contributed by atoms with Gasteiger partial charge in [-0.25, -0.2) is 4.98 Å². The van der Waals surface area contributed by atoms with Crippen molar-refractivity contribution < 1.29 is 23.4 Å². The minimum Gasteiger partial charge on any atom is -0.494 e. The van der Waals surface area contributed by atoms with Crippen molar-refractivity contribution in [1.29, 1.82) is 5.26 Å². The first-order valence-electron chi connectivity index (χ1n) is 14.3. The summed E-state index contributed by atoms with van der Waals surface area (Å²) < 4.78 is 23.5. The van der Waals surface area contributed by atoms with Crippen LogP contribution in [0, 0.1) is 23.2 Å². The lowest BCUT2D eigenvalue weighted by Gasteiger charge is -2.49. The SMILES string of the molecule is COc1cc(C(=O)NC2C3CNCC2C3)cnc1-c1cc2nccc(-c3ccc(OC4CCOCC4)c(C#N)c3)c2o1. The van der Waals surface area contributed by atoms with Gasteiger partial charge in [0, 0.05) is 42.9 Å². The molecule has 5 heterocycles. The van der Waals surface area contributed by atoms with Crippen LogP contribution in [-0.4, -0.2) is 61.4 Å². The number of pyridine rings is 2. The minimum atomic E-state index is -0.153. The Bertz CT molecular complexity index is 1670. The average molecular weight is 566 g/mol. The molecular formula is C32H31N5O5. The van der Waals surface area contributed by atoms with Gasteiger partial charge in [0.2, 0.25) is 0 Å². The van der Waals surface area contributed by atoms with E-state index >= 15 is 0 Å². The largest absolute Gasteiger partial charge is 0.494 e. The van der Waals surface area contributed by atoms with E-state index in [0.29, 0.717) is 70.2 Å². The van der Waals surface area contributed by atoms with Crippen LogP contribution in [0.4, 0.5) is 0 Å². The Morgan fingerprint density at radius 1 is 1.10 bits per heavy atom. The highest BCUT2D eigenvalue weighted by Crippen LogP contribution is 2.39. The van der Waals surface area contributed by atoms with Crippen LogP contribution >= 0.6 is 0 Å². The molecule has 1 saturated carbocycles. The van der Waals surface area contributed by atoms with Gasteiger partial charge in [-0.1, -0.05) is 6.07 Å². The van der Waals surface area contributed by atoms with Gasteiger partial charge in [-0.15, -0.1) is 0 Å². The first kappa shape index (κ1) is 26.4. The van der Waals surface area contributed by atoms with E-state index in [-0.39, 0.29) is 18.1 Å². The molecule has 3 aliphatic rings. The molecule has 10 heteroatoms. The van der Waals surface area contributed by atoms with E-state index < -0.39 is 0 Å². The highest BCUT2D eigenvalue weighted by molar-refractivity contribution is 5.96. The molecule has 2 unspecified atom stereocenters. The van der Waals surface area contributed by atoms with Crippen molar-refractivity contribution in [1.82, 2.24) is 20.6 Å². The maximum absolute atomic E-state index is 13.0. The number of furan rings is 1. The number of amides is 1. The summed E-state index contributed by atoms with van der Waals surface area (Å²) in [5, 5.41) is 16.4. The van der Waals surface area contributed by atoms with Crippen molar-refractivity contribution in [3.63, 3.8) is 0 Å². The van der Waals surface area contributed by atoms with Crippen LogP contribution in [0.2, 0.25) is 0 Å². The molecule has 3 fully saturated rings. The van der Waals surface area contributed by atoms with Gasteiger partial charge in [-0.2, -0.15) is 5.26 Å². The van der Waals surface area contributed by atoms with Crippen LogP contribution in [0.15, 0.2) is 53.2 Å². The van der Waals surface area contributed by atoms with Gasteiger partial charge in [-0.05, 0) is 61.2 Å². The third kappa shape index (κ3) is 4.85. The monoisotopic (exact) mass is 565 g/mol. The molecule has 2 bridgehead atoms. The Labute approximate surface area is 243 Å². The first-order chi connectivity index (χ1) is 20.6. The highest BCUT2D eigenvalue weighted by Gasteiger charge is 2.44. The second kappa shape index (κ2) is 11.1. The zero-order chi connectivity index (χ0) is 28.6. The molecule has 2 atom stereocenters. The number of carbonyl (C=O) groups is 1. The molecule has 2 aliphatic heterocycles.